The number of amides is 2. The monoisotopic (exact) mass is 333 g/mol. The van der Waals surface area contributed by atoms with Gasteiger partial charge in [0.1, 0.15) is 12.3 Å². The third kappa shape index (κ3) is 3.79. The van der Waals surface area contributed by atoms with Crippen LogP contribution in [0, 0.1) is 5.92 Å². The third-order valence-corrected chi connectivity index (χ3v) is 5.18. The zero-order valence-electron chi connectivity index (χ0n) is 14.4. The van der Waals surface area contributed by atoms with Gasteiger partial charge in [0.2, 0.25) is 5.91 Å². The number of likely N-dealkylation sites (tertiary alicyclic amines) is 1. The van der Waals surface area contributed by atoms with Crippen molar-refractivity contribution in [3.63, 3.8) is 0 Å². The number of carbonyl (C=O) groups is 2. The second-order valence-corrected chi connectivity index (χ2v) is 6.89. The lowest BCUT2D eigenvalue weighted by molar-refractivity contribution is -0.125. The van der Waals surface area contributed by atoms with Crippen LogP contribution in [-0.4, -0.2) is 40.8 Å². The second kappa shape index (κ2) is 7.81. The molecule has 3 rings (SSSR count). The van der Waals surface area contributed by atoms with Crippen molar-refractivity contribution in [1.82, 2.24) is 15.2 Å². The molecule has 0 aromatic carbocycles. The highest BCUT2D eigenvalue weighted by atomic mass is 16.3. The van der Waals surface area contributed by atoms with Crippen LogP contribution >= 0.6 is 0 Å². The van der Waals surface area contributed by atoms with E-state index in [1.807, 2.05) is 6.92 Å². The number of hydrogen-bond acceptors (Lipinski definition) is 4. The quantitative estimate of drug-likeness (QED) is 0.898. The normalized spacial score (nSPS) is 21.9. The number of nitrogens with zero attached hydrogens (tertiary/aromatic N) is 2. The fourth-order valence-electron chi connectivity index (χ4n) is 3.76. The highest BCUT2D eigenvalue weighted by Gasteiger charge is 2.35. The molecule has 2 amide bonds. The summed E-state index contributed by atoms with van der Waals surface area (Å²) < 4.78 is 5.26. The van der Waals surface area contributed by atoms with E-state index in [0.717, 1.165) is 19.4 Å². The number of carbonyl (C=O) groups excluding carboxylic acids is 2. The molecule has 132 valence electrons. The van der Waals surface area contributed by atoms with Crippen molar-refractivity contribution in [3.05, 3.63) is 17.8 Å². The van der Waals surface area contributed by atoms with Crippen LogP contribution in [0.25, 0.3) is 0 Å². The summed E-state index contributed by atoms with van der Waals surface area (Å²) in [6, 6.07) is -0.372. The maximum Gasteiger partial charge on any atom is 0.276 e. The number of hydrogen-bond donors (Lipinski definition) is 1. The maximum atomic E-state index is 12.6. The zero-order valence-corrected chi connectivity index (χ0v) is 14.4. The first-order chi connectivity index (χ1) is 11.7. The summed E-state index contributed by atoms with van der Waals surface area (Å²) >= 11 is 0. The van der Waals surface area contributed by atoms with Crippen LogP contribution in [0.2, 0.25) is 0 Å². The van der Waals surface area contributed by atoms with Crippen molar-refractivity contribution in [2.75, 3.05) is 13.1 Å². The van der Waals surface area contributed by atoms with Crippen molar-refractivity contribution < 1.29 is 14.0 Å². The molecule has 1 N–H and O–H groups in total. The van der Waals surface area contributed by atoms with Crippen LogP contribution in [-0.2, 0) is 11.2 Å². The molecule has 24 heavy (non-hydrogen) atoms. The van der Waals surface area contributed by atoms with E-state index in [0.29, 0.717) is 30.5 Å². The molecule has 0 bridgehead atoms. The Hall–Kier alpha value is -1.85. The summed E-state index contributed by atoms with van der Waals surface area (Å²) in [4.78, 5) is 31.0. The Bertz CT molecular complexity index is 578. The first-order valence-electron chi connectivity index (χ1n) is 9.22. The van der Waals surface area contributed by atoms with E-state index in [2.05, 4.69) is 10.3 Å². The fourth-order valence-corrected chi connectivity index (χ4v) is 3.76. The van der Waals surface area contributed by atoms with Crippen LogP contribution in [0.1, 0.15) is 68.2 Å². The van der Waals surface area contributed by atoms with Gasteiger partial charge in [-0.15, -0.1) is 0 Å². The van der Waals surface area contributed by atoms with E-state index < -0.39 is 0 Å². The Kier molecular flexibility index (Phi) is 5.53. The summed E-state index contributed by atoms with van der Waals surface area (Å²) in [5.74, 6) is 0.922. The lowest BCUT2D eigenvalue weighted by Gasteiger charge is -2.26. The minimum absolute atomic E-state index is 0.0226. The van der Waals surface area contributed by atoms with Gasteiger partial charge < -0.3 is 14.6 Å². The molecule has 1 atom stereocenters. The molecule has 1 saturated carbocycles. The lowest BCUT2D eigenvalue weighted by Crippen LogP contribution is -2.47. The summed E-state index contributed by atoms with van der Waals surface area (Å²) in [6.45, 7) is 3.27. The molecular formula is C18H27N3O3. The van der Waals surface area contributed by atoms with Gasteiger partial charge in [-0.05, 0) is 31.6 Å². The van der Waals surface area contributed by atoms with E-state index in [9.17, 15) is 9.59 Å². The van der Waals surface area contributed by atoms with Gasteiger partial charge in [-0.2, -0.15) is 0 Å². The number of rotatable bonds is 5. The molecule has 6 heteroatoms. The van der Waals surface area contributed by atoms with Gasteiger partial charge in [-0.1, -0.05) is 26.2 Å². The molecule has 2 heterocycles. The van der Waals surface area contributed by atoms with Crippen molar-refractivity contribution in [1.29, 1.82) is 0 Å². The number of aromatic nitrogens is 1. The molecule has 1 aliphatic carbocycles. The third-order valence-electron chi connectivity index (χ3n) is 5.18. The van der Waals surface area contributed by atoms with Crippen molar-refractivity contribution in [2.24, 2.45) is 5.92 Å². The van der Waals surface area contributed by atoms with Crippen LogP contribution in [0.3, 0.4) is 0 Å². The molecule has 1 aliphatic heterocycles. The molecule has 1 aromatic rings. The molecule has 1 saturated heterocycles. The lowest BCUT2D eigenvalue weighted by atomic mass is 9.89. The van der Waals surface area contributed by atoms with Crippen LogP contribution in [0.15, 0.2) is 10.7 Å². The molecule has 1 unspecified atom stereocenters. The first-order valence-corrected chi connectivity index (χ1v) is 9.22. The molecule has 0 radical (unpaired) electrons. The molecule has 1 aromatic heterocycles. The highest BCUT2D eigenvalue weighted by Crippen LogP contribution is 2.24. The van der Waals surface area contributed by atoms with Crippen molar-refractivity contribution in [2.45, 2.75) is 64.3 Å². The predicted molar refractivity (Wildman–Crippen MR) is 89.5 cm³/mol. The Morgan fingerprint density at radius 3 is 2.75 bits per heavy atom. The maximum absolute atomic E-state index is 12.6. The van der Waals surface area contributed by atoms with Gasteiger partial charge in [0.25, 0.3) is 5.91 Å². The van der Waals surface area contributed by atoms with Gasteiger partial charge in [-0.25, -0.2) is 4.98 Å². The van der Waals surface area contributed by atoms with E-state index in [4.69, 9.17) is 4.42 Å². The fraction of sp³-hybridized carbons (Fsp3) is 0.722. The largest absolute Gasteiger partial charge is 0.448 e. The number of aryl methyl sites for hydroxylation is 1. The Balaban J connectivity index is 1.57. The standard InChI is InChI=1S/C18H27N3O3/c1-2-16-20-14(12-24-16)18(23)21-10-6-9-15(21)17(22)19-11-13-7-4-3-5-8-13/h12-13,15H,2-11H2,1H3,(H,19,22). The van der Waals surface area contributed by atoms with E-state index in [1.54, 1.807) is 4.90 Å². The molecule has 0 spiro atoms. The van der Waals surface area contributed by atoms with Crippen molar-refractivity contribution in [3.8, 4) is 0 Å². The van der Waals surface area contributed by atoms with E-state index in [1.165, 1.54) is 38.4 Å². The topological polar surface area (TPSA) is 75.4 Å². The predicted octanol–water partition coefficient (Wildman–Crippen LogP) is 2.54. The average Bonchev–Trinajstić information content (AvgIpc) is 3.29. The molecular weight excluding hydrogens is 306 g/mol. The Morgan fingerprint density at radius 1 is 1.25 bits per heavy atom. The smallest absolute Gasteiger partial charge is 0.276 e. The Morgan fingerprint density at radius 2 is 2.04 bits per heavy atom. The van der Waals surface area contributed by atoms with Gasteiger partial charge in [0.15, 0.2) is 11.6 Å². The van der Waals surface area contributed by atoms with Crippen molar-refractivity contribution >= 4 is 11.8 Å². The second-order valence-electron chi connectivity index (χ2n) is 6.89. The first kappa shape index (κ1) is 17.0. The van der Waals surface area contributed by atoms with Gasteiger partial charge in [-0.3, -0.25) is 9.59 Å². The van der Waals surface area contributed by atoms with Gasteiger partial charge >= 0.3 is 0 Å². The van der Waals surface area contributed by atoms with Crippen LogP contribution in [0.5, 0.6) is 0 Å². The Labute approximate surface area is 143 Å². The minimum atomic E-state index is -0.372. The van der Waals surface area contributed by atoms with Crippen LogP contribution in [0.4, 0.5) is 0 Å². The van der Waals surface area contributed by atoms with E-state index >= 15 is 0 Å². The summed E-state index contributed by atoms with van der Waals surface area (Å²) in [5.41, 5.74) is 0.304. The minimum Gasteiger partial charge on any atom is -0.448 e. The van der Waals surface area contributed by atoms with E-state index in [-0.39, 0.29) is 17.9 Å². The highest BCUT2D eigenvalue weighted by molar-refractivity contribution is 5.96. The van der Waals surface area contributed by atoms with Gasteiger partial charge in [0.05, 0.1) is 0 Å². The zero-order chi connectivity index (χ0) is 16.9. The summed E-state index contributed by atoms with van der Waals surface area (Å²) in [7, 11) is 0. The van der Waals surface area contributed by atoms with Gasteiger partial charge in [0, 0.05) is 19.5 Å². The average molecular weight is 333 g/mol. The summed E-state index contributed by atoms with van der Waals surface area (Å²) in [6.07, 6.45) is 9.87. The number of oxazole rings is 1. The molecule has 6 nitrogen and oxygen atoms in total. The molecule has 2 fully saturated rings. The number of nitrogens with one attached hydrogen (secondary N) is 1. The van der Waals surface area contributed by atoms with Crippen LogP contribution < -0.4 is 5.32 Å². The molecule has 2 aliphatic rings. The SMILES string of the molecule is CCc1nc(C(=O)N2CCCC2C(=O)NCC2CCCCC2)co1. The summed E-state index contributed by atoms with van der Waals surface area (Å²) in [5, 5.41) is 3.07.